The van der Waals surface area contributed by atoms with E-state index in [1.54, 1.807) is 4.68 Å². The summed E-state index contributed by atoms with van der Waals surface area (Å²) in [6, 6.07) is 0. The first-order valence-corrected chi connectivity index (χ1v) is 9.69. The van der Waals surface area contributed by atoms with E-state index in [9.17, 15) is 13.6 Å². The van der Waals surface area contributed by atoms with E-state index in [4.69, 9.17) is 0 Å². The molecule has 2 aliphatic carbocycles. The zero-order chi connectivity index (χ0) is 18.5. The number of nitrogens with zero attached hydrogens (tertiary/aromatic N) is 4. The molecule has 2 saturated carbocycles. The van der Waals surface area contributed by atoms with Crippen molar-refractivity contribution in [3.05, 3.63) is 10.6 Å². The molecular formula is C17H21F2N5OS. The van der Waals surface area contributed by atoms with Crippen molar-refractivity contribution in [1.82, 2.24) is 20.0 Å². The van der Waals surface area contributed by atoms with Crippen LogP contribution in [0.3, 0.4) is 0 Å². The maximum atomic E-state index is 13.0. The number of carbonyl (C=O) groups excluding carboxylic acids is 1. The molecule has 2 aliphatic rings. The Morgan fingerprint density at radius 2 is 2.08 bits per heavy atom. The van der Waals surface area contributed by atoms with Crippen LogP contribution in [0.4, 0.5) is 14.6 Å². The molecule has 9 heteroatoms. The van der Waals surface area contributed by atoms with Crippen molar-refractivity contribution in [3.8, 4) is 10.7 Å². The van der Waals surface area contributed by atoms with Crippen LogP contribution in [0.15, 0.2) is 0 Å². The van der Waals surface area contributed by atoms with Gasteiger partial charge in [-0.15, -0.1) is 10.2 Å². The number of aryl methyl sites for hydroxylation is 2. The first-order valence-electron chi connectivity index (χ1n) is 8.87. The smallest absolute Gasteiger partial charge is 0.248 e. The summed E-state index contributed by atoms with van der Waals surface area (Å²) in [7, 11) is 1.83. The van der Waals surface area contributed by atoms with Crippen molar-refractivity contribution in [2.45, 2.75) is 57.3 Å². The fourth-order valence-electron chi connectivity index (χ4n) is 3.74. The van der Waals surface area contributed by atoms with Gasteiger partial charge in [-0.2, -0.15) is 5.10 Å². The van der Waals surface area contributed by atoms with Gasteiger partial charge in [-0.05, 0) is 31.6 Å². The SMILES string of the molecule is Cc1nnc(-c2c(C3CCC3)c(NC(=O)CC3CC(F)(F)C3)nn2C)s1. The third kappa shape index (κ3) is 3.24. The fourth-order valence-corrected chi connectivity index (χ4v) is 4.52. The predicted molar refractivity (Wildman–Crippen MR) is 94.4 cm³/mol. The molecule has 2 heterocycles. The topological polar surface area (TPSA) is 72.7 Å². The largest absolute Gasteiger partial charge is 0.309 e. The molecule has 140 valence electrons. The molecule has 0 atom stereocenters. The Labute approximate surface area is 154 Å². The summed E-state index contributed by atoms with van der Waals surface area (Å²) < 4.78 is 27.7. The monoisotopic (exact) mass is 381 g/mol. The van der Waals surface area contributed by atoms with Gasteiger partial charge in [0.2, 0.25) is 11.8 Å². The van der Waals surface area contributed by atoms with Gasteiger partial charge in [0.15, 0.2) is 10.8 Å². The van der Waals surface area contributed by atoms with Crippen molar-refractivity contribution in [1.29, 1.82) is 0 Å². The zero-order valence-electron chi connectivity index (χ0n) is 14.8. The molecule has 26 heavy (non-hydrogen) atoms. The van der Waals surface area contributed by atoms with Crippen LogP contribution in [0.25, 0.3) is 10.7 Å². The second-order valence-corrected chi connectivity index (χ2v) is 8.55. The Morgan fingerprint density at radius 1 is 1.35 bits per heavy atom. The summed E-state index contributed by atoms with van der Waals surface area (Å²) in [5.74, 6) is -2.21. The molecule has 0 aromatic carbocycles. The van der Waals surface area contributed by atoms with E-state index in [1.807, 2.05) is 14.0 Å². The minimum Gasteiger partial charge on any atom is -0.309 e. The van der Waals surface area contributed by atoms with Gasteiger partial charge >= 0.3 is 0 Å². The lowest BCUT2D eigenvalue weighted by atomic mass is 9.78. The van der Waals surface area contributed by atoms with Gasteiger partial charge in [0.05, 0.1) is 0 Å². The molecule has 4 rings (SSSR count). The Kier molecular flexibility index (Phi) is 4.29. The lowest BCUT2D eigenvalue weighted by Crippen LogP contribution is -2.37. The van der Waals surface area contributed by atoms with Gasteiger partial charge in [-0.25, -0.2) is 8.78 Å². The van der Waals surface area contributed by atoms with Crippen molar-refractivity contribution < 1.29 is 13.6 Å². The number of alkyl halides is 2. The highest BCUT2D eigenvalue weighted by Crippen LogP contribution is 2.46. The Hall–Kier alpha value is -1.90. The van der Waals surface area contributed by atoms with E-state index in [0.29, 0.717) is 11.7 Å². The van der Waals surface area contributed by atoms with Crippen LogP contribution in [-0.4, -0.2) is 31.8 Å². The number of aromatic nitrogens is 4. The summed E-state index contributed by atoms with van der Waals surface area (Å²) >= 11 is 1.50. The van der Waals surface area contributed by atoms with Gasteiger partial charge in [-0.3, -0.25) is 9.48 Å². The standard InChI is InChI=1S/C17H21F2N5OS/c1-9-21-22-16(26-9)14-13(11-4-3-5-11)15(23-24(14)2)20-12(25)6-10-7-17(18,19)8-10/h10-11H,3-8H2,1-2H3,(H,20,23,25). The van der Waals surface area contributed by atoms with Gasteiger partial charge in [-0.1, -0.05) is 17.8 Å². The van der Waals surface area contributed by atoms with E-state index in [2.05, 4.69) is 20.6 Å². The van der Waals surface area contributed by atoms with Crippen molar-refractivity contribution in [2.24, 2.45) is 13.0 Å². The van der Waals surface area contributed by atoms with Crippen molar-refractivity contribution in [2.75, 3.05) is 5.32 Å². The number of rotatable bonds is 5. The molecule has 6 nitrogen and oxygen atoms in total. The summed E-state index contributed by atoms with van der Waals surface area (Å²) in [5, 5.41) is 17.4. The number of hydrogen-bond donors (Lipinski definition) is 1. The molecular weight excluding hydrogens is 360 g/mol. The van der Waals surface area contributed by atoms with Crippen LogP contribution in [-0.2, 0) is 11.8 Å². The van der Waals surface area contributed by atoms with Crippen LogP contribution in [0.1, 0.15) is 55.0 Å². The van der Waals surface area contributed by atoms with Crippen LogP contribution in [0.5, 0.6) is 0 Å². The van der Waals surface area contributed by atoms with E-state index in [-0.39, 0.29) is 31.1 Å². The molecule has 0 spiro atoms. The van der Waals surface area contributed by atoms with E-state index in [1.165, 1.54) is 11.3 Å². The van der Waals surface area contributed by atoms with Crippen molar-refractivity contribution >= 4 is 23.1 Å². The number of amides is 1. The number of anilines is 1. The fraction of sp³-hybridized carbons (Fsp3) is 0.647. The maximum absolute atomic E-state index is 13.0. The van der Waals surface area contributed by atoms with Crippen LogP contribution in [0, 0.1) is 12.8 Å². The number of nitrogens with one attached hydrogen (secondary N) is 1. The molecule has 0 bridgehead atoms. The maximum Gasteiger partial charge on any atom is 0.248 e. The van der Waals surface area contributed by atoms with E-state index in [0.717, 1.165) is 40.5 Å². The van der Waals surface area contributed by atoms with Crippen LogP contribution in [0.2, 0.25) is 0 Å². The Morgan fingerprint density at radius 3 is 2.62 bits per heavy atom. The zero-order valence-corrected chi connectivity index (χ0v) is 15.6. The van der Waals surface area contributed by atoms with Crippen LogP contribution >= 0.6 is 11.3 Å². The number of halogens is 2. The molecule has 1 N–H and O–H groups in total. The van der Waals surface area contributed by atoms with Gasteiger partial charge in [0, 0.05) is 31.9 Å². The second-order valence-electron chi connectivity index (χ2n) is 7.37. The molecule has 1 amide bonds. The number of carbonyl (C=O) groups is 1. The third-order valence-corrected chi connectivity index (χ3v) is 6.08. The summed E-state index contributed by atoms with van der Waals surface area (Å²) in [6.07, 6.45) is 2.96. The van der Waals surface area contributed by atoms with E-state index < -0.39 is 5.92 Å². The molecule has 0 saturated heterocycles. The average molecular weight is 381 g/mol. The van der Waals surface area contributed by atoms with E-state index >= 15 is 0 Å². The first kappa shape index (κ1) is 17.5. The molecule has 0 radical (unpaired) electrons. The highest BCUT2D eigenvalue weighted by Gasteiger charge is 2.45. The summed E-state index contributed by atoms with van der Waals surface area (Å²) in [6.45, 7) is 1.90. The molecule has 0 aliphatic heterocycles. The van der Waals surface area contributed by atoms with Gasteiger partial charge in [0.25, 0.3) is 0 Å². The van der Waals surface area contributed by atoms with Gasteiger partial charge < -0.3 is 5.32 Å². The molecule has 2 aromatic heterocycles. The molecule has 2 fully saturated rings. The van der Waals surface area contributed by atoms with Crippen molar-refractivity contribution in [3.63, 3.8) is 0 Å². The highest BCUT2D eigenvalue weighted by molar-refractivity contribution is 7.14. The summed E-state index contributed by atoms with van der Waals surface area (Å²) in [4.78, 5) is 12.3. The average Bonchev–Trinajstić information content (AvgIpc) is 2.99. The molecule has 2 aromatic rings. The quantitative estimate of drug-likeness (QED) is 0.853. The minimum absolute atomic E-state index is 0.115. The summed E-state index contributed by atoms with van der Waals surface area (Å²) in [5.41, 5.74) is 1.90. The lowest BCUT2D eigenvalue weighted by Gasteiger charge is -2.34. The third-order valence-electron chi connectivity index (χ3n) is 5.23. The Bertz CT molecular complexity index is 834. The first-order chi connectivity index (χ1) is 12.3. The second kappa shape index (κ2) is 6.37. The predicted octanol–water partition coefficient (Wildman–Crippen LogP) is 3.89. The molecule has 0 unspecified atom stereocenters. The normalized spacial score (nSPS) is 19.8. The van der Waals surface area contributed by atoms with Gasteiger partial charge in [0.1, 0.15) is 10.7 Å². The lowest BCUT2D eigenvalue weighted by molar-refractivity contribution is -0.129. The Balaban J connectivity index is 1.57. The highest BCUT2D eigenvalue weighted by atomic mass is 32.1. The van der Waals surface area contributed by atoms with Crippen LogP contribution < -0.4 is 5.32 Å². The minimum atomic E-state index is -2.60. The number of hydrogen-bond acceptors (Lipinski definition) is 5.